The summed E-state index contributed by atoms with van der Waals surface area (Å²) in [4.78, 5) is 37.5. The molecule has 0 spiro atoms. The summed E-state index contributed by atoms with van der Waals surface area (Å²) in [6.45, 7) is 0.182. The van der Waals surface area contributed by atoms with Gasteiger partial charge in [-0.1, -0.05) is 74.2 Å². The van der Waals surface area contributed by atoms with Gasteiger partial charge in [-0.3, -0.25) is 9.59 Å². The molecule has 2 aromatic rings. The van der Waals surface area contributed by atoms with Crippen molar-refractivity contribution in [2.75, 3.05) is 6.61 Å². The van der Waals surface area contributed by atoms with Gasteiger partial charge in [0, 0.05) is 12.0 Å². The Labute approximate surface area is 205 Å². The number of aliphatic carboxylic acids is 1. The van der Waals surface area contributed by atoms with Gasteiger partial charge in [0.15, 0.2) is 0 Å². The molecule has 3 N–H and O–H groups in total. The topological polar surface area (TPSA) is 105 Å². The van der Waals surface area contributed by atoms with Gasteiger partial charge in [-0.15, -0.1) is 0 Å². The maximum atomic E-state index is 13.1. The van der Waals surface area contributed by atoms with Crippen molar-refractivity contribution in [1.82, 2.24) is 10.6 Å². The quantitative estimate of drug-likeness (QED) is 0.522. The number of carboxylic acid groups (broad SMARTS) is 1. The Morgan fingerprint density at radius 3 is 2.17 bits per heavy atom. The van der Waals surface area contributed by atoms with Gasteiger partial charge in [0.05, 0.1) is 5.92 Å². The maximum Gasteiger partial charge on any atom is 0.407 e. The lowest BCUT2D eigenvalue weighted by Crippen LogP contribution is -2.53. The average Bonchev–Trinajstić information content (AvgIpc) is 3.63. The highest BCUT2D eigenvalue weighted by molar-refractivity contribution is 5.86. The summed E-state index contributed by atoms with van der Waals surface area (Å²) in [5.41, 5.74) is 4.57. The van der Waals surface area contributed by atoms with E-state index in [2.05, 4.69) is 34.9 Å². The van der Waals surface area contributed by atoms with Gasteiger partial charge >= 0.3 is 12.1 Å². The fourth-order valence-corrected chi connectivity index (χ4v) is 5.58. The Hall–Kier alpha value is -3.35. The summed E-state index contributed by atoms with van der Waals surface area (Å²) in [5, 5.41) is 15.2. The fourth-order valence-electron chi connectivity index (χ4n) is 5.58. The molecule has 0 heterocycles. The molecule has 0 aliphatic heterocycles. The standard InChI is InChI=1S/C28H32N2O5/c31-26(29-24-12-6-5-11-22(24)27(32)33)25(15-17-13-14-17)30-28(34)35-16-23-20-9-3-1-7-18(20)19-8-2-4-10-21(19)23/h1-4,7-10,17,22-25H,5-6,11-16H2,(H,29,31)(H,30,34)(H,32,33)/t22-,24+,25-/m0/s1. The highest BCUT2D eigenvalue weighted by atomic mass is 16.5. The monoisotopic (exact) mass is 476 g/mol. The fraction of sp³-hybridized carbons (Fsp3) is 0.464. The van der Waals surface area contributed by atoms with Crippen LogP contribution in [0.1, 0.15) is 62.0 Å². The summed E-state index contributed by atoms with van der Waals surface area (Å²) in [6.07, 6.45) is 4.95. The summed E-state index contributed by atoms with van der Waals surface area (Å²) in [7, 11) is 0. The van der Waals surface area contributed by atoms with Crippen molar-refractivity contribution in [3.63, 3.8) is 0 Å². The summed E-state index contributed by atoms with van der Waals surface area (Å²) < 4.78 is 5.65. The second kappa shape index (κ2) is 10.1. The molecule has 3 atom stereocenters. The molecule has 0 aromatic heterocycles. The molecule has 0 bridgehead atoms. The molecular weight excluding hydrogens is 444 g/mol. The van der Waals surface area contributed by atoms with Crippen molar-refractivity contribution in [3.8, 4) is 11.1 Å². The first-order valence-corrected chi connectivity index (χ1v) is 12.7. The van der Waals surface area contributed by atoms with Crippen LogP contribution in [-0.4, -0.2) is 41.8 Å². The zero-order chi connectivity index (χ0) is 24.4. The highest BCUT2D eigenvalue weighted by Gasteiger charge is 2.36. The number of fused-ring (bicyclic) bond motifs is 3. The lowest BCUT2D eigenvalue weighted by molar-refractivity contribution is -0.144. The molecular formula is C28H32N2O5. The van der Waals surface area contributed by atoms with E-state index in [1.165, 1.54) is 0 Å². The third-order valence-corrected chi connectivity index (χ3v) is 7.63. The molecule has 3 aliphatic carbocycles. The number of amides is 2. The lowest BCUT2D eigenvalue weighted by Gasteiger charge is -2.30. The Morgan fingerprint density at radius 1 is 0.914 bits per heavy atom. The van der Waals surface area contributed by atoms with E-state index in [0.29, 0.717) is 25.2 Å². The van der Waals surface area contributed by atoms with Crippen molar-refractivity contribution in [2.24, 2.45) is 11.8 Å². The normalized spacial score (nSPS) is 21.9. The molecule has 2 fully saturated rings. The predicted octanol–water partition coefficient (Wildman–Crippen LogP) is 4.45. The molecule has 2 amide bonds. The smallest absolute Gasteiger partial charge is 0.407 e. The number of hydrogen-bond acceptors (Lipinski definition) is 4. The van der Waals surface area contributed by atoms with Gasteiger partial charge in [0.2, 0.25) is 5.91 Å². The van der Waals surface area contributed by atoms with Crippen molar-refractivity contribution >= 4 is 18.0 Å². The van der Waals surface area contributed by atoms with Crippen LogP contribution in [0.25, 0.3) is 11.1 Å². The van der Waals surface area contributed by atoms with Crippen molar-refractivity contribution in [1.29, 1.82) is 0 Å². The van der Waals surface area contributed by atoms with E-state index in [0.717, 1.165) is 47.9 Å². The summed E-state index contributed by atoms with van der Waals surface area (Å²) >= 11 is 0. The summed E-state index contributed by atoms with van der Waals surface area (Å²) in [6, 6.07) is 15.2. The molecule has 184 valence electrons. The molecule has 5 rings (SSSR count). The van der Waals surface area contributed by atoms with Crippen LogP contribution in [0.5, 0.6) is 0 Å². The van der Waals surface area contributed by atoms with Crippen molar-refractivity contribution < 1.29 is 24.2 Å². The van der Waals surface area contributed by atoms with Crippen LogP contribution < -0.4 is 10.6 Å². The van der Waals surface area contributed by atoms with Crippen LogP contribution in [0.4, 0.5) is 4.79 Å². The van der Waals surface area contributed by atoms with E-state index in [4.69, 9.17) is 4.74 Å². The second-order valence-electron chi connectivity index (χ2n) is 10.0. The SMILES string of the molecule is O=C(N[C@@H](CC1CC1)C(=O)N[C@@H]1CCCC[C@@H]1C(=O)O)OCC1c2ccccc2-c2ccccc21. The number of ether oxygens (including phenoxy) is 1. The lowest BCUT2D eigenvalue weighted by atomic mass is 9.84. The van der Waals surface area contributed by atoms with Crippen LogP contribution in [0.2, 0.25) is 0 Å². The molecule has 3 aliphatic rings. The summed E-state index contributed by atoms with van der Waals surface area (Å²) in [5.74, 6) is -1.42. The highest BCUT2D eigenvalue weighted by Crippen LogP contribution is 2.44. The number of hydrogen-bond donors (Lipinski definition) is 3. The predicted molar refractivity (Wildman–Crippen MR) is 131 cm³/mol. The zero-order valence-corrected chi connectivity index (χ0v) is 19.7. The molecule has 0 saturated heterocycles. The second-order valence-corrected chi connectivity index (χ2v) is 10.0. The molecule has 2 aromatic carbocycles. The zero-order valence-electron chi connectivity index (χ0n) is 19.7. The van der Waals surface area contributed by atoms with E-state index in [9.17, 15) is 19.5 Å². The molecule has 2 saturated carbocycles. The number of carbonyl (C=O) groups excluding carboxylic acids is 2. The van der Waals surface area contributed by atoms with E-state index in [1.54, 1.807) is 0 Å². The minimum absolute atomic E-state index is 0.0533. The molecule has 0 unspecified atom stereocenters. The van der Waals surface area contributed by atoms with E-state index in [-0.39, 0.29) is 18.4 Å². The molecule has 7 nitrogen and oxygen atoms in total. The minimum atomic E-state index is -0.877. The Morgan fingerprint density at radius 2 is 1.54 bits per heavy atom. The number of carboxylic acids is 1. The van der Waals surface area contributed by atoms with Crippen LogP contribution in [0.3, 0.4) is 0 Å². The molecule has 35 heavy (non-hydrogen) atoms. The number of rotatable bonds is 8. The number of benzene rings is 2. The number of nitrogens with one attached hydrogen (secondary N) is 2. The number of carbonyl (C=O) groups is 3. The van der Waals surface area contributed by atoms with Crippen molar-refractivity contribution in [2.45, 2.75) is 62.9 Å². The van der Waals surface area contributed by atoms with E-state index in [1.807, 2.05) is 24.3 Å². The first kappa shape index (κ1) is 23.4. The minimum Gasteiger partial charge on any atom is -0.481 e. The Kier molecular flexibility index (Phi) is 6.75. The van der Waals surface area contributed by atoms with Crippen LogP contribution in [-0.2, 0) is 14.3 Å². The largest absolute Gasteiger partial charge is 0.481 e. The average molecular weight is 477 g/mol. The third-order valence-electron chi connectivity index (χ3n) is 7.63. The number of alkyl carbamates (subject to hydrolysis) is 1. The maximum absolute atomic E-state index is 13.1. The Balaban J connectivity index is 1.22. The molecule has 0 radical (unpaired) electrons. The van der Waals surface area contributed by atoms with Crippen LogP contribution in [0, 0.1) is 11.8 Å². The molecule has 7 heteroatoms. The van der Waals surface area contributed by atoms with Gasteiger partial charge < -0.3 is 20.5 Å². The van der Waals surface area contributed by atoms with Gasteiger partial charge in [-0.05, 0) is 47.4 Å². The van der Waals surface area contributed by atoms with Gasteiger partial charge in [0.25, 0.3) is 0 Å². The van der Waals surface area contributed by atoms with Gasteiger partial charge in [-0.25, -0.2) is 4.79 Å². The van der Waals surface area contributed by atoms with E-state index < -0.39 is 30.1 Å². The third kappa shape index (κ3) is 5.19. The first-order valence-electron chi connectivity index (χ1n) is 12.7. The Bertz CT molecular complexity index is 1070. The van der Waals surface area contributed by atoms with E-state index >= 15 is 0 Å². The van der Waals surface area contributed by atoms with Crippen molar-refractivity contribution in [3.05, 3.63) is 59.7 Å². The van der Waals surface area contributed by atoms with Crippen LogP contribution in [0.15, 0.2) is 48.5 Å². The van der Waals surface area contributed by atoms with Crippen LogP contribution >= 0.6 is 0 Å². The van der Waals surface area contributed by atoms with Gasteiger partial charge in [-0.2, -0.15) is 0 Å². The van der Waals surface area contributed by atoms with Gasteiger partial charge in [0.1, 0.15) is 12.6 Å². The first-order chi connectivity index (χ1) is 17.0.